The molecule has 0 bridgehead atoms. The number of carbonyl (C=O) groups is 2. The Bertz CT molecular complexity index is 555. The molecule has 0 aromatic rings. The van der Waals surface area contributed by atoms with Gasteiger partial charge in [-0.15, -0.1) is 0 Å². The van der Waals surface area contributed by atoms with E-state index in [0.717, 1.165) is 45.1 Å². The molecule has 0 atom stereocenters. The van der Waals surface area contributed by atoms with E-state index in [1.165, 1.54) is 0 Å². The van der Waals surface area contributed by atoms with Gasteiger partial charge in [0.15, 0.2) is 0 Å². The molecule has 0 radical (unpaired) electrons. The number of nitrogens with zero attached hydrogens (tertiary/aromatic N) is 3. The third kappa shape index (κ3) is 3.27. The van der Waals surface area contributed by atoms with E-state index in [4.69, 9.17) is 4.74 Å². The van der Waals surface area contributed by atoms with Crippen LogP contribution in [0.25, 0.3) is 0 Å². The minimum atomic E-state index is -0.800. The minimum Gasteiger partial charge on any atom is -0.383 e. The predicted octanol–water partition coefficient (Wildman–Crippen LogP) is 1.95. The van der Waals surface area contributed by atoms with E-state index in [-0.39, 0.29) is 17.2 Å². The fraction of sp³-hybridized carbons (Fsp3) is 0.842. The van der Waals surface area contributed by atoms with Crippen LogP contribution in [0.4, 0.5) is 0 Å². The van der Waals surface area contributed by atoms with Crippen LogP contribution in [0.15, 0.2) is 0 Å². The Morgan fingerprint density at radius 2 is 1.80 bits per heavy atom. The van der Waals surface area contributed by atoms with Crippen molar-refractivity contribution in [1.29, 1.82) is 5.26 Å². The Morgan fingerprint density at radius 1 is 1.12 bits per heavy atom. The number of ether oxygens (including phenoxy) is 1. The van der Waals surface area contributed by atoms with Gasteiger partial charge < -0.3 is 14.5 Å². The summed E-state index contributed by atoms with van der Waals surface area (Å²) in [6.45, 7) is 3.23. The van der Waals surface area contributed by atoms with E-state index in [0.29, 0.717) is 39.1 Å². The lowest BCUT2D eigenvalue weighted by molar-refractivity contribution is -0.155. The largest absolute Gasteiger partial charge is 0.383 e. The first kappa shape index (κ1) is 18.2. The normalized spacial score (nSPS) is 25.2. The van der Waals surface area contributed by atoms with Crippen molar-refractivity contribution in [1.82, 2.24) is 9.80 Å². The molecule has 2 saturated heterocycles. The fourth-order valence-electron chi connectivity index (χ4n) is 4.82. The van der Waals surface area contributed by atoms with Gasteiger partial charge in [0.1, 0.15) is 5.41 Å². The summed E-state index contributed by atoms with van der Waals surface area (Å²) in [5.41, 5.74) is -1.11. The number of likely N-dealkylation sites (tertiary alicyclic amines) is 2. The maximum absolute atomic E-state index is 13.0. The molecule has 1 spiro atoms. The van der Waals surface area contributed by atoms with Crippen molar-refractivity contribution in [2.24, 2.45) is 10.8 Å². The van der Waals surface area contributed by atoms with Crippen molar-refractivity contribution in [2.45, 2.75) is 51.4 Å². The van der Waals surface area contributed by atoms with Gasteiger partial charge in [0.2, 0.25) is 11.8 Å². The highest BCUT2D eigenvalue weighted by Crippen LogP contribution is 2.44. The van der Waals surface area contributed by atoms with E-state index in [9.17, 15) is 14.9 Å². The average molecular weight is 347 g/mol. The van der Waals surface area contributed by atoms with Crippen LogP contribution in [0.3, 0.4) is 0 Å². The van der Waals surface area contributed by atoms with Gasteiger partial charge in [-0.3, -0.25) is 9.59 Å². The third-order valence-corrected chi connectivity index (χ3v) is 6.48. The average Bonchev–Trinajstić information content (AvgIpc) is 3.13. The zero-order chi connectivity index (χ0) is 17.9. The molecular weight excluding hydrogens is 318 g/mol. The molecule has 3 rings (SSSR count). The third-order valence-electron chi connectivity index (χ3n) is 6.48. The van der Waals surface area contributed by atoms with Crippen molar-refractivity contribution in [3.63, 3.8) is 0 Å². The number of amides is 2. The second-order valence-corrected chi connectivity index (χ2v) is 7.86. The Kier molecular flexibility index (Phi) is 5.33. The molecule has 2 amide bonds. The molecular formula is C19H29N3O3. The molecule has 0 N–H and O–H groups in total. The summed E-state index contributed by atoms with van der Waals surface area (Å²) in [5.74, 6) is 0.237. The molecule has 1 aliphatic carbocycles. The molecule has 2 aliphatic heterocycles. The molecule has 6 nitrogen and oxygen atoms in total. The van der Waals surface area contributed by atoms with Crippen LogP contribution in [0.2, 0.25) is 0 Å². The SMILES string of the molecule is COCCN1CCCC2(CCN(C(=O)C3(C#N)CCCC3)CC2)C1=O. The van der Waals surface area contributed by atoms with Crippen LogP contribution in [0.1, 0.15) is 51.4 Å². The van der Waals surface area contributed by atoms with Gasteiger partial charge in [0, 0.05) is 33.3 Å². The fourth-order valence-corrected chi connectivity index (χ4v) is 4.82. The lowest BCUT2D eigenvalue weighted by atomic mass is 9.71. The second kappa shape index (κ2) is 7.33. The van der Waals surface area contributed by atoms with Crippen LogP contribution < -0.4 is 0 Å². The zero-order valence-corrected chi connectivity index (χ0v) is 15.3. The summed E-state index contributed by atoms with van der Waals surface area (Å²) in [6.07, 6.45) is 6.69. The lowest BCUT2D eigenvalue weighted by Gasteiger charge is -2.47. The molecule has 2 heterocycles. The van der Waals surface area contributed by atoms with Gasteiger partial charge in [-0.1, -0.05) is 12.8 Å². The molecule has 0 aromatic heterocycles. The summed E-state index contributed by atoms with van der Waals surface area (Å²) in [5, 5.41) is 9.55. The Morgan fingerprint density at radius 3 is 2.40 bits per heavy atom. The van der Waals surface area contributed by atoms with Crippen LogP contribution in [-0.2, 0) is 14.3 Å². The molecule has 3 aliphatic rings. The molecule has 138 valence electrons. The van der Waals surface area contributed by atoms with Crippen LogP contribution in [0.5, 0.6) is 0 Å². The molecule has 3 fully saturated rings. The summed E-state index contributed by atoms with van der Waals surface area (Å²) in [7, 11) is 1.66. The minimum absolute atomic E-state index is 0.00171. The van der Waals surface area contributed by atoms with Gasteiger partial charge in [0.05, 0.1) is 18.1 Å². The number of methoxy groups -OCH3 is 1. The number of nitriles is 1. The van der Waals surface area contributed by atoms with Gasteiger partial charge in [-0.05, 0) is 38.5 Å². The molecule has 0 aromatic carbocycles. The monoisotopic (exact) mass is 347 g/mol. The van der Waals surface area contributed by atoms with E-state index >= 15 is 0 Å². The highest BCUT2D eigenvalue weighted by atomic mass is 16.5. The number of rotatable bonds is 4. The summed E-state index contributed by atoms with van der Waals surface area (Å²) in [4.78, 5) is 29.7. The number of hydrogen-bond donors (Lipinski definition) is 0. The van der Waals surface area contributed by atoms with E-state index in [1.54, 1.807) is 7.11 Å². The Labute approximate surface area is 150 Å². The van der Waals surface area contributed by atoms with Crippen LogP contribution in [0, 0.1) is 22.2 Å². The van der Waals surface area contributed by atoms with Gasteiger partial charge >= 0.3 is 0 Å². The van der Waals surface area contributed by atoms with Crippen molar-refractivity contribution >= 4 is 11.8 Å². The number of piperidine rings is 2. The van der Waals surface area contributed by atoms with Gasteiger partial charge in [-0.2, -0.15) is 5.26 Å². The maximum atomic E-state index is 13.0. The van der Waals surface area contributed by atoms with Crippen molar-refractivity contribution in [3.8, 4) is 6.07 Å². The standard InChI is InChI=1S/C19H29N3O3/c1-25-14-13-21-10-4-7-18(16(21)23)8-11-22(12-9-18)17(24)19(15-20)5-2-3-6-19/h2-14H2,1H3. The highest BCUT2D eigenvalue weighted by molar-refractivity contribution is 5.87. The lowest BCUT2D eigenvalue weighted by Crippen LogP contribution is -2.56. The molecule has 25 heavy (non-hydrogen) atoms. The van der Waals surface area contributed by atoms with Crippen molar-refractivity contribution < 1.29 is 14.3 Å². The predicted molar refractivity (Wildman–Crippen MR) is 92.5 cm³/mol. The maximum Gasteiger partial charge on any atom is 0.243 e. The number of hydrogen-bond acceptors (Lipinski definition) is 4. The quantitative estimate of drug-likeness (QED) is 0.779. The molecule has 0 unspecified atom stereocenters. The van der Waals surface area contributed by atoms with E-state index < -0.39 is 5.41 Å². The first-order valence-electron chi connectivity index (χ1n) is 9.56. The summed E-state index contributed by atoms with van der Waals surface area (Å²) >= 11 is 0. The second-order valence-electron chi connectivity index (χ2n) is 7.86. The van der Waals surface area contributed by atoms with E-state index in [1.807, 2.05) is 9.80 Å². The zero-order valence-electron chi connectivity index (χ0n) is 15.3. The summed E-state index contributed by atoms with van der Waals surface area (Å²) in [6, 6.07) is 2.30. The van der Waals surface area contributed by atoms with E-state index in [2.05, 4.69) is 6.07 Å². The van der Waals surface area contributed by atoms with Crippen molar-refractivity contribution in [2.75, 3.05) is 39.9 Å². The molecule has 1 saturated carbocycles. The number of carbonyl (C=O) groups excluding carboxylic acids is 2. The van der Waals surface area contributed by atoms with Gasteiger partial charge in [-0.25, -0.2) is 0 Å². The highest BCUT2D eigenvalue weighted by Gasteiger charge is 2.49. The molecule has 6 heteroatoms. The first-order chi connectivity index (χ1) is 12.1. The topological polar surface area (TPSA) is 73.6 Å². The van der Waals surface area contributed by atoms with Crippen molar-refractivity contribution in [3.05, 3.63) is 0 Å². The van der Waals surface area contributed by atoms with Crippen LogP contribution in [-0.4, -0.2) is 61.5 Å². The van der Waals surface area contributed by atoms with Crippen LogP contribution >= 0.6 is 0 Å². The Balaban J connectivity index is 1.64. The van der Waals surface area contributed by atoms with Gasteiger partial charge in [0.25, 0.3) is 0 Å². The smallest absolute Gasteiger partial charge is 0.243 e. The summed E-state index contributed by atoms with van der Waals surface area (Å²) < 4.78 is 5.12. The first-order valence-corrected chi connectivity index (χ1v) is 9.56. The Hall–Kier alpha value is -1.61.